The standard InChI is InChI=1S/C25H25FO4/c1-2-29-21-11-9-20(10-12-21)25(17-28-18-25)16-27-15-19-8-13-23(26)24(14-19)30-22-6-4-3-5-7-22/h3-14H,2,15-18H2,1H3. The molecule has 1 aliphatic heterocycles. The summed E-state index contributed by atoms with van der Waals surface area (Å²) in [7, 11) is 0. The van der Waals surface area contributed by atoms with Crippen LogP contribution in [-0.2, 0) is 21.5 Å². The second kappa shape index (κ2) is 9.28. The van der Waals surface area contributed by atoms with Gasteiger partial charge < -0.3 is 18.9 Å². The Morgan fingerprint density at radius 1 is 0.933 bits per heavy atom. The molecule has 4 nitrogen and oxygen atoms in total. The van der Waals surface area contributed by atoms with Crippen molar-refractivity contribution in [3.05, 3.63) is 89.7 Å². The molecule has 3 aromatic carbocycles. The van der Waals surface area contributed by atoms with Gasteiger partial charge in [0.05, 0.1) is 38.4 Å². The summed E-state index contributed by atoms with van der Waals surface area (Å²) in [4.78, 5) is 0. The van der Waals surface area contributed by atoms with E-state index in [0.29, 0.717) is 38.8 Å². The lowest BCUT2D eigenvalue weighted by Crippen LogP contribution is -2.50. The summed E-state index contributed by atoms with van der Waals surface area (Å²) in [5.74, 6) is 1.24. The molecule has 156 valence electrons. The Hall–Kier alpha value is -2.89. The van der Waals surface area contributed by atoms with Gasteiger partial charge in [-0.15, -0.1) is 0 Å². The Labute approximate surface area is 176 Å². The minimum atomic E-state index is -0.402. The quantitative estimate of drug-likeness (QED) is 0.468. The Morgan fingerprint density at radius 2 is 1.70 bits per heavy atom. The lowest BCUT2D eigenvalue weighted by Gasteiger charge is -2.41. The van der Waals surface area contributed by atoms with Gasteiger partial charge in [-0.3, -0.25) is 0 Å². The molecule has 5 heteroatoms. The van der Waals surface area contributed by atoms with Crippen molar-refractivity contribution in [2.24, 2.45) is 0 Å². The molecule has 0 radical (unpaired) electrons. The molecule has 0 spiro atoms. The van der Waals surface area contributed by atoms with Crippen LogP contribution in [0.15, 0.2) is 72.8 Å². The second-order valence-electron chi connectivity index (χ2n) is 7.40. The molecule has 1 saturated heterocycles. The highest BCUT2D eigenvalue weighted by atomic mass is 19.1. The summed E-state index contributed by atoms with van der Waals surface area (Å²) in [5.41, 5.74) is 1.86. The summed E-state index contributed by atoms with van der Waals surface area (Å²) < 4.78 is 36.8. The fourth-order valence-electron chi connectivity index (χ4n) is 3.45. The van der Waals surface area contributed by atoms with Crippen molar-refractivity contribution in [1.82, 2.24) is 0 Å². The zero-order valence-corrected chi connectivity index (χ0v) is 17.0. The number of para-hydroxylation sites is 1. The Balaban J connectivity index is 1.39. The highest BCUT2D eigenvalue weighted by Crippen LogP contribution is 2.34. The van der Waals surface area contributed by atoms with Gasteiger partial charge in [0.1, 0.15) is 11.5 Å². The van der Waals surface area contributed by atoms with Crippen LogP contribution in [0.1, 0.15) is 18.1 Å². The van der Waals surface area contributed by atoms with Crippen LogP contribution in [-0.4, -0.2) is 26.4 Å². The van der Waals surface area contributed by atoms with Crippen LogP contribution < -0.4 is 9.47 Å². The maximum Gasteiger partial charge on any atom is 0.165 e. The van der Waals surface area contributed by atoms with E-state index in [-0.39, 0.29) is 11.2 Å². The van der Waals surface area contributed by atoms with E-state index < -0.39 is 5.82 Å². The molecule has 0 saturated carbocycles. The first-order valence-corrected chi connectivity index (χ1v) is 10.1. The normalized spacial score (nSPS) is 14.7. The van der Waals surface area contributed by atoms with E-state index in [4.69, 9.17) is 18.9 Å². The Kier molecular flexibility index (Phi) is 6.31. The first-order chi connectivity index (χ1) is 14.7. The first kappa shape index (κ1) is 20.4. The summed E-state index contributed by atoms with van der Waals surface area (Å²) in [6.45, 7) is 4.73. The molecule has 1 heterocycles. The minimum absolute atomic E-state index is 0.159. The van der Waals surface area contributed by atoms with E-state index in [0.717, 1.165) is 11.3 Å². The molecule has 0 bridgehead atoms. The van der Waals surface area contributed by atoms with E-state index in [1.54, 1.807) is 24.3 Å². The lowest BCUT2D eigenvalue weighted by molar-refractivity contribution is -0.101. The number of rotatable bonds is 9. The highest BCUT2D eigenvalue weighted by molar-refractivity contribution is 5.36. The monoisotopic (exact) mass is 408 g/mol. The van der Waals surface area contributed by atoms with Gasteiger partial charge in [0.25, 0.3) is 0 Å². The average Bonchev–Trinajstić information content (AvgIpc) is 2.74. The van der Waals surface area contributed by atoms with Crippen molar-refractivity contribution in [2.75, 3.05) is 26.4 Å². The smallest absolute Gasteiger partial charge is 0.165 e. The molecular weight excluding hydrogens is 383 g/mol. The molecule has 4 rings (SSSR count). The van der Waals surface area contributed by atoms with E-state index >= 15 is 0 Å². The van der Waals surface area contributed by atoms with Crippen LogP contribution in [0.2, 0.25) is 0 Å². The van der Waals surface area contributed by atoms with Crippen LogP contribution in [0.4, 0.5) is 4.39 Å². The SMILES string of the molecule is CCOc1ccc(C2(COCc3ccc(F)c(Oc4ccccc4)c3)COC2)cc1. The largest absolute Gasteiger partial charge is 0.494 e. The van der Waals surface area contributed by atoms with Gasteiger partial charge in [-0.05, 0) is 54.4 Å². The molecule has 30 heavy (non-hydrogen) atoms. The minimum Gasteiger partial charge on any atom is -0.494 e. The molecule has 0 amide bonds. The van der Waals surface area contributed by atoms with Gasteiger partial charge in [0.2, 0.25) is 0 Å². The third kappa shape index (κ3) is 4.64. The topological polar surface area (TPSA) is 36.9 Å². The summed E-state index contributed by atoms with van der Waals surface area (Å²) in [6.07, 6.45) is 0. The molecule has 1 fully saturated rings. The van der Waals surface area contributed by atoms with Crippen molar-refractivity contribution >= 4 is 0 Å². The fraction of sp³-hybridized carbons (Fsp3) is 0.280. The molecular formula is C25H25FO4. The Morgan fingerprint density at radius 3 is 2.37 bits per heavy atom. The van der Waals surface area contributed by atoms with Crippen molar-refractivity contribution in [1.29, 1.82) is 0 Å². The van der Waals surface area contributed by atoms with E-state index in [1.165, 1.54) is 11.6 Å². The molecule has 0 aromatic heterocycles. The molecule has 0 unspecified atom stereocenters. The predicted molar refractivity (Wildman–Crippen MR) is 113 cm³/mol. The lowest BCUT2D eigenvalue weighted by atomic mass is 9.79. The zero-order chi connectivity index (χ0) is 20.8. The molecule has 0 aliphatic carbocycles. The van der Waals surface area contributed by atoms with Crippen molar-refractivity contribution in [3.8, 4) is 17.2 Å². The molecule has 0 N–H and O–H groups in total. The van der Waals surface area contributed by atoms with E-state index in [1.807, 2.05) is 37.3 Å². The third-order valence-corrected chi connectivity index (χ3v) is 5.15. The van der Waals surface area contributed by atoms with Crippen molar-refractivity contribution in [3.63, 3.8) is 0 Å². The van der Waals surface area contributed by atoms with Gasteiger partial charge in [0, 0.05) is 0 Å². The summed E-state index contributed by atoms with van der Waals surface area (Å²) >= 11 is 0. The van der Waals surface area contributed by atoms with Crippen LogP contribution >= 0.6 is 0 Å². The maximum absolute atomic E-state index is 14.1. The predicted octanol–water partition coefficient (Wildman–Crippen LogP) is 5.50. The van der Waals surface area contributed by atoms with Crippen LogP contribution in [0.3, 0.4) is 0 Å². The fourth-order valence-corrected chi connectivity index (χ4v) is 3.45. The molecule has 3 aromatic rings. The van der Waals surface area contributed by atoms with Gasteiger partial charge in [-0.1, -0.05) is 36.4 Å². The van der Waals surface area contributed by atoms with E-state index in [9.17, 15) is 4.39 Å². The average molecular weight is 408 g/mol. The van der Waals surface area contributed by atoms with Crippen LogP contribution in [0, 0.1) is 5.82 Å². The maximum atomic E-state index is 14.1. The van der Waals surface area contributed by atoms with Gasteiger partial charge >= 0.3 is 0 Å². The molecule has 0 atom stereocenters. The number of ether oxygens (including phenoxy) is 4. The summed E-state index contributed by atoms with van der Waals surface area (Å²) in [6, 6.07) is 22.1. The van der Waals surface area contributed by atoms with E-state index in [2.05, 4.69) is 12.1 Å². The number of benzene rings is 3. The second-order valence-corrected chi connectivity index (χ2v) is 7.40. The molecule has 1 aliphatic rings. The van der Waals surface area contributed by atoms with Crippen molar-refractivity contribution < 1.29 is 23.3 Å². The van der Waals surface area contributed by atoms with Gasteiger partial charge in [-0.2, -0.15) is 0 Å². The van der Waals surface area contributed by atoms with Crippen LogP contribution in [0.5, 0.6) is 17.2 Å². The van der Waals surface area contributed by atoms with Crippen molar-refractivity contribution in [2.45, 2.75) is 18.9 Å². The number of hydrogen-bond acceptors (Lipinski definition) is 4. The number of halogens is 1. The van der Waals surface area contributed by atoms with Crippen LogP contribution in [0.25, 0.3) is 0 Å². The summed E-state index contributed by atoms with van der Waals surface area (Å²) in [5, 5.41) is 0. The van der Waals surface area contributed by atoms with Gasteiger partial charge in [-0.25, -0.2) is 4.39 Å². The first-order valence-electron chi connectivity index (χ1n) is 10.1. The number of hydrogen-bond donors (Lipinski definition) is 0. The highest BCUT2D eigenvalue weighted by Gasteiger charge is 2.40. The van der Waals surface area contributed by atoms with Gasteiger partial charge in [0.15, 0.2) is 11.6 Å². The Bertz CT molecular complexity index is 953. The third-order valence-electron chi connectivity index (χ3n) is 5.15. The zero-order valence-electron chi connectivity index (χ0n) is 17.0.